The van der Waals surface area contributed by atoms with Crippen molar-refractivity contribution in [3.63, 3.8) is 0 Å². The number of amides is 2. The van der Waals surface area contributed by atoms with Crippen LogP contribution in [0, 0.1) is 17.6 Å². The van der Waals surface area contributed by atoms with E-state index in [2.05, 4.69) is 4.98 Å². The molecule has 32 heavy (non-hydrogen) atoms. The number of fused-ring (bicyclic) bond motifs is 1. The predicted octanol–water partition coefficient (Wildman–Crippen LogP) is 4.11. The molecule has 0 unspecified atom stereocenters. The number of carbonyl (C=O) groups excluding carboxylic acids is 2. The van der Waals surface area contributed by atoms with Crippen LogP contribution >= 0.6 is 11.3 Å². The molecule has 1 aliphatic heterocycles. The first-order valence-corrected chi connectivity index (χ1v) is 11.2. The number of benzene rings is 2. The number of rotatable bonds is 6. The summed E-state index contributed by atoms with van der Waals surface area (Å²) in [6.45, 7) is 1.41. The fraction of sp³-hybridized carbons (Fsp3) is 0.348. The maximum Gasteiger partial charge on any atom is 0.256 e. The van der Waals surface area contributed by atoms with Gasteiger partial charge in [0.05, 0.1) is 28.9 Å². The number of hydrogen-bond acceptors (Lipinski definition) is 5. The van der Waals surface area contributed by atoms with E-state index in [-0.39, 0.29) is 17.4 Å². The highest BCUT2D eigenvalue weighted by Gasteiger charge is 2.32. The van der Waals surface area contributed by atoms with Crippen LogP contribution in [0.1, 0.15) is 23.2 Å². The van der Waals surface area contributed by atoms with Crippen LogP contribution in [-0.4, -0.2) is 55.0 Å². The quantitative estimate of drug-likeness (QED) is 0.557. The smallest absolute Gasteiger partial charge is 0.256 e. The van der Waals surface area contributed by atoms with Gasteiger partial charge in [0, 0.05) is 32.2 Å². The lowest BCUT2D eigenvalue weighted by molar-refractivity contribution is -0.123. The molecule has 9 heteroatoms. The highest BCUT2D eigenvalue weighted by molar-refractivity contribution is 7.22. The maximum atomic E-state index is 14.0. The molecular weight excluding hydrogens is 436 g/mol. The molecule has 0 N–H and O–H groups in total. The van der Waals surface area contributed by atoms with Crippen LogP contribution in [0.3, 0.4) is 0 Å². The Morgan fingerprint density at radius 1 is 1.19 bits per heavy atom. The molecule has 0 radical (unpaired) electrons. The van der Waals surface area contributed by atoms with Crippen molar-refractivity contribution >= 4 is 38.5 Å². The molecule has 0 saturated carbocycles. The lowest BCUT2D eigenvalue weighted by Gasteiger charge is -2.33. The number of carbonyl (C=O) groups is 2. The monoisotopic (exact) mass is 459 g/mol. The van der Waals surface area contributed by atoms with E-state index in [1.54, 1.807) is 12.0 Å². The number of thiazole rings is 1. The second-order valence-corrected chi connectivity index (χ2v) is 8.65. The van der Waals surface area contributed by atoms with Crippen LogP contribution in [0.15, 0.2) is 42.5 Å². The van der Waals surface area contributed by atoms with Gasteiger partial charge in [0.15, 0.2) is 5.13 Å². The number of methoxy groups -OCH3 is 1. The second-order valence-electron chi connectivity index (χ2n) is 7.64. The number of para-hydroxylation sites is 1. The van der Waals surface area contributed by atoms with E-state index < -0.39 is 17.5 Å². The number of likely N-dealkylation sites (tertiary alicyclic amines) is 1. The van der Waals surface area contributed by atoms with Gasteiger partial charge in [0.25, 0.3) is 5.91 Å². The number of ether oxygens (including phenoxy) is 1. The van der Waals surface area contributed by atoms with Crippen LogP contribution in [-0.2, 0) is 9.53 Å². The molecule has 1 aliphatic rings. The van der Waals surface area contributed by atoms with E-state index in [4.69, 9.17) is 4.74 Å². The average Bonchev–Trinajstić information content (AvgIpc) is 3.23. The van der Waals surface area contributed by atoms with E-state index in [1.807, 2.05) is 24.3 Å². The lowest BCUT2D eigenvalue weighted by atomic mass is 9.94. The van der Waals surface area contributed by atoms with Crippen molar-refractivity contribution in [1.82, 2.24) is 9.88 Å². The van der Waals surface area contributed by atoms with Crippen molar-refractivity contribution in [3.8, 4) is 0 Å². The normalized spacial score (nSPS) is 14.7. The molecule has 2 aromatic carbocycles. The van der Waals surface area contributed by atoms with Gasteiger partial charge in [-0.2, -0.15) is 0 Å². The fourth-order valence-corrected chi connectivity index (χ4v) is 4.84. The third-order valence-corrected chi connectivity index (χ3v) is 6.65. The topological polar surface area (TPSA) is 62.7 Å². The SMILES string of the molecule is COCCN(C(=O)C1CCN(C(=O)c2ccc(F)cc2F)CC1)c1nc2ccccc2s1. The van der Waals surface area contributed by atoms with Crippen LogP contribution < -0.4 is 4.90 Å². The first-order valence-electron chi connectivity index (χ1n) is 10.4. The molecular formula is C23H23F2N3O3S. The van der Waals surface area contributed by atoms with Gasteiger partial charge >= 0.3 is 0 Å². The zero-order valence-corrected chi connectivity index (χ0v) is 18.4. The van der Waals surface area contributed by atoms with E-state index in [9.17, 15) is 18.4 Å². The lowest BCUT2D eigenvalue weighted by Crippen LogP contribution is -2.45. The van der Waals surface area contributed by atoms with E-state index in [1.165, 1.54) is 16.2 Å². The standard InChI is InChI=1S/C23H23F2N3O3S/c1-31-13-12-28(23-26-19-4-2-3-5-20(19)32-23)21(29)15-8-10-27(11-9-15)22(30)17-7-6-16(24)14-18(17)25/h2-7,14-15H,8-13H2,1H3. The van der Waals surface area contributed by atoms with Crippen LogP contribution in [0.25, 0.3) is 10.2 Å². The highest BCUT2D eigenvalue weighted by Crippen LogP contribution is 2.31. The molecule has 0 bridgehead atoms. The van der Waals surface area contributed by atoms with Crippen molar-refractivity contribution in [2.45, 2.75) is 12.8 Å². The molecule has 0 spiro atoms. The summed E-state index contributed by atoms with van der Waals surface area (Å²) < 4.78 is 33.3. The van der Waals surface area contributed by atoms with E-state index in [0.29, 0.717) is 50.3 Å². The Kier molecular flexibility index (Phi) is 6.76. The molecule has 2 heterocycles. The Labute approximate surface area is 188 Å². The van der Waals surface area contributed by atoms with Crippen LogP contribution in [0.2, 0.25) is 0 Å². The zero-order chi connectivity index (χ0) is 22.7. The van der Waals surface area contributed by atoms with Crippen molar-refractivity contribution in [2.75, 3.05) is 38.3 Å². The minimum atomic E-state index is -0.880. The third-order valence-electron chi connectivity index (χ3n) is 5.59. The summed E-state index contributed by atoms with van der Waals surface area (Å²) in [5, 5.41) is 0.625. The fourth-order valence-electron chi connectivity index (χ4n) is 3.84. The van der Waals surface area contributed by atoms with Gasteiger partial charge in [-0.05, 0) is 37.1 Å². The average molecular weight is 460 g/mol. The van der Waals surface area contributed by atoms with Gasteiger partial charge in [-0.15, -0.1) is 0 Å². The largest absolute Gasteiger partial charge is 0.383 e. The van der Waals surface area contributed by atoms with Crippen LogP contribution in [0.4, 0.5) is 13.9 Å². The minimum absolute atomic E-state index is 0.0545. The molecule has 4 rings (SSSR count). The summed E-state index contributed by atoms with van der Waals surface area (Å²) in [4.78, 5) is 33.8. The Balaban J connectivity index is 1.45. The Hall–Kier alpha value is -2.91. The first-order chi connectivity index (χ1) is 15.5. The number of nitrogens with zero attached hydrogens (tertiary/aromatic N) is 3. The molecule has 1 aromatic heterocycles. The van der Waals surface area contributed by atoms with Gasteiger partial charge in [-0.1, -0.05) is 23.5 Å². The maximum absolute atomic E-state index is 14.0. The summed E-state index contributed by atoms with van der Waals surface area (Å²) in [5.41, 5.74) is 0.678. The predicted molar refractivity (Wildman–Crippen MR) is 119 cm³/mol. The molecule has 2 amide bonds. The molecule has 3 aromatic rings. The number of hydrogen-bond donors (Lipinski definition) is 0. The highest BCUT2D eigenvalue weighted by atomic mass is 32.1. The van der Waals surface area contributed by atoms with Gasteiger partial charge in [-0.25, -0.2) is 13.8 Å². The van der Waals surface area contributed by atoms with Gasteiger partial charge in [0.2, 0.25) is 5.91 Å². The molecule has 0 atom stereocenters. The molecule has 1 fully saturated rings. The van der Waals surface area contributed by atoms with Crippen molar-refractivity contribution in [3.05, 3.63) is 59.7 Å². The summed E-state index contributed by atoms with van der Waals surface area (Å²) in [6, 6.07) is 10.6. The first kappa shape index (κ1) is 22.3. The summed E-state index contributed by atoms with van der Waals surface area (Å²) in [5.74, 6) is -2.43. The van der Waals surface area contributed by atoms with Gasteiger partial charge in [0.1, 0.15) is 11.6 Å². The number of anilines is 1. The number of aromatic nitrogens is 1. The van der Waals surface area contributed by atoms with Crippen LogP contribution in [0.5, 0.6) is 0 Å². The zero-order valence-electron chi connectivity index (χ0n) is 17.6. The number of halogens is 2. The summed E-state index contributed by atoms with van der Waals surface area (Å²) >= 11 is 1.46. The molecule has 1 saturated heterocycles. The van der Waals surface area contributed by atoms with Crippen molar-refractivity contribution < 1.29 is 23.1 Å². The van der Waals surface area contributed by atoms with Crippen molar-refractivity contribution in [1.29, 1.82) is 0 Å². The molecule has 168 valence electrons. The summed E-state index contributed by atoms with van der Waals surface area (Å²) in [7, 11) is 1.58. The second kappa shape index (κ2) is 9.70. The van der Waals surface area contributed by atoms with E-state index in [0.717, 1.165) is 22.3 Å². The van der Waals surface area contributed by atoms with Gasteiger partial charge in [-0.3, -0.25) is 14.5 Å². The Morgan fingerprint density at radius 3 is 2.62 bits per heavy atom. The Morgan fingerprint density at radius 2 is 1.94 bits per heavy atom. The third kappa shape index (κ3) is 4.63. The molecule has 0 aliphatic carbocycles. The minimum Gasteiger partial charge on any atom is -0.383 e. The molecule has 6 nitrogen and oxygen atoms in total. The van der Waals surface area contributed by atoms with Crippen molar-refractivity contribution in [2.24, 2.45) is 5.92 Å². The summed E-state index contributed by atoms with van der Waals surface area (Å²) in [6.07, 6.45) is 0.920. The van der Waals surface area contributed by atoms with Gasteiger partial charge < -0.3 is 9.64 Å². The van der Waals surface area contributed by atoms with E-state index >= 15 is 0 Å². The number of piperidine rings is 1. The Bertz CT molecular complexity index is 1100.